The van der Waals surface area contributed by atoms with E-state index in [0.717, 1.165) is 12.8 Å². The van der Waals surface area contributed by atoms with Crippen molar-refractivity contribution in [3.8, 4) is 0 Å². The van der Waals surface area contributed by atoms with Gasteiger partial charge in [-0.05, 0) is 13.3 Å². The first-order valence-corrected chi connectivity index (χ1v) is 9.86. The molecule has 0 spiro atoms. The van der Waals surface area contributed by atoms with Gasteiger partial charge in [0.15, 0.2) is 0 Å². The Balaban J connectivity index is 3.72. The summed E-state index contributed by atoms with van der Waals surface area (Å²) in [7, 11) is -4.40. The normalized spacial score (nSPS) is 16.7. The van der Waals surface area contributed by atoms with Crippen LogP contribution in [0.3, 0.4) is 0 Å². The van der Waals surface area contributed by atoms with Crippen LogP contribution < -0.4 is 5.73 Å². The molecule has 0 aromatic rings. The average molecular weight is 323 g/mol. The minimum atomic E-state index is -4.40. The van der Waals surface area contributed by atoms with E-state index in [4.69, 9.17) is 5.73 Å². The Kier molecular flexibility index (Phi) is 10.8. The Morgan fingerprint density at radius 2 is 1.33 bits per heavy atom. The average Bonchev–Trinajstić information content (AvgIpc) is 2.39. The van der Waals surface area contributed by atoms with Crippen LogP contribution in [0, 0.1) is 0 Å². The highest BCUT2D eigenvalue weighted by molar-refractivity contribution is 7.53. The van der Waals surface area contributed by atoms with Gasteiger partial charge in [-0.15, -0.1) is 0 Å². The van der Waals surface area contributed by atoms with Gasteiger partial charge in [-0.3, -0.25) is 4.57 Å². The van der Waals surface area contributed by atoms with E-state index in [1.807, 2.05) is 0 Å². The standard InChI is InChI=1S/C15H34NO4P/c1-3-4-5-6-7-8-9-10-11-12-13-15(2,14(16)17)21(18,19)20/h14,17H,3-13,16H2,1-2H3,(H2,18,19,20). The summed E-state index contributed by atoms with van der Waals surface area (Å²) in [6, 6.07) is 0. The molecule has 0 fully saturated rings. The van der Waals surface area contributed by atoms with Gasteiger partial charge < -0.3 is 20.6 Å². The smallest absolute Gasteiger partial charge is 0.335 e. The maximum Gasteiger partial charge on any atom is 0.335 e. The van der Waals surface area contributed by atoms with E-state index in [9.17, 15) is 19.5 Å². The van der Waals surface area contributed by atoms with Gasteiger partial charge >= 0.3 is 7.60 Å². The lowest BCUT2D eigenvalue weighted by Crippen LogP contribution is -2.45. The van der Waals surface area contributed by atoms with E-state index in [1.54, 1.807) is 0 Å². The predicted molar refractivity (Wildman–Crippen MR) is 87.1 cm³/mol. The second kappa shape index (κ2) is 10.7. The molecule has 2 atom stereocenters. The first kappa shape index (κ1) is 21.1. The Morgan fingerprint density at radius 1 is 0.952 bits per heavy atom. The van der Waals surface area contributed by atoms with Crippen molar-refractivity contribution < 1.29 is 19.5 Å². The maximum absolute atomic E-state index is 11.4. The van der Waals surface area contributed by atoms with Gasteiger partial charge in [0, 0.05) is 0 Å². The van der Waals surface area contributed by atoms with Crippen molar-refractivity contribution in [1.82, 2.24) is 0 Å². The zero-order valence-corrected chi connectivity index (χ0v) is 14.5. The second-order valence-corrected chi connectivity index (χ2v) is 8.39. The van der Waals surface area contributed by atoms with Gasteiger partial charge in [-0.25, -0.2) is 0 Å². The highest BCUT2D eigenvalue weighted by Crippen LogP contribution is 2.54. The Labute approximate surface area is 129 Å². The monoisotopic (exact) mass is 323 g/mol. The zero-order chi connectivity index (χ0) is 16.4. The Hall–Kier alpha value is 0.0700. The first-order chi connectivity index (χ1) is 9.75. The van der Waals surface area contributed by atoms with Crippen LogP contribution in [0.1, 0.15) is 84.5 Å². The fourth-order valence-electron chi connectivity index (χ4n) is 2.44. The highest BCUT2D eigenvalue weighted by Gasteiger charge is 2.46. The van der Waals surface area contributed by atoms with Crippen LogP contribution in [-0.4, -0.2) is 26.3 Å². The van der Waals surface area contributed by atoms with Crippen LogP contribution in [0.15, 0.2) is 0 Å². The number of aliphatic hydroxyl groups is 1. The van der Waals surface area contributed by atoms with Gasteiger partial charge in [-0.2, -0.15) is 0 Å². The van der Waals surface area contributed by atoms with Crippen molar-refractivity contribution in [3.05, 3.63) is 0 Å². The molecule has 0 heterocycles. The fourth-order valence-corrected chi connectivity index (χ4v) is 3.23. The number of aliphatic hydroxyl groups excluding tert-OH is 1. The van der Waals surface area contributed by atoms with E-state index >= 15 is 0 Å². The van der Waals surface area contributed by atoms with Gasteiger partial charge in [0.25, 0.3) is 0 Å². The number of hydrogen-bond acceptors (Lipinski definition) is 3. The maximum atomic E-state index is 11.4. The molecule has 0 aromatic carbocycles. The van der Waals surface area contributed by atoms with E-state index in [0.29, 0.717) is 6.42 Å². The van der Waals surface area contributed by atoms with E-state index in [1.165, 1.54) is 51.9 Å². The molecule has 0 aliphatic heterocycles. The molecule has 0 saturated carbocycles. The fraction of sp³-hybridized carbons (Fsp3) is 1.00. The quantitative estimate of drug-likeness (QED) is 0.236. The molecular weight excluding hydrogens is 289 g/mol. The lowest BCUT2D eigenvalue weighted by atomic mass is 9.99. The largest absolute Gasteiger partial charge is 0.378 e. The third-order valence-electron chi connectivity index (χ3n) is 4.34. The zero-order valence-electron chi connectivity index (χ0n) is 13.6. The van der Waals surface area contributed by atoms with Crippen LogP contribution in [0.4, 0.5) is 0 Å². The molecule has 0 bridgehead atoms. The molecule has 5 nitrogen and oxygen atoms in total. The molecule has 0 amide bonds. The topological polar surface area (TPSA) is 104 Å². The van der Waals surface area contributed by atoms with Crippen LogP contribution in [-0.2, 0) is 4.57 Å². The summed E-state index contributed by atoms with van der Waals surface area (Å²) in [4.78, 5) is 18.6. The molecule has 0 aliphatic rings. The number of hydrogen-bond donors (Lipinski definition) is 4. The molecular formula is C15H34NO4P. The number of nitrogens with two attached hydrogens (primary N) is 1. The minimum absolute atomic E-state index is 0.255. The van der Waals surface area contributed by atoms with E-state index in [-0.39, 0.29) is 6.42 Å². The van der Waals surface area contributed by atoms with Crippen molar-refractivity contribution in [3.63, 3.8) is 0 Å². The van der Waals surface area contributed by atoms with Crippen molar-refractivity contribution in [2.24, 2.45) is 5.73 Å². The molecule has 0 aromatic heterocycles. The lowest BCUT2D eigenvalue weighted by molar-refractivity contribution is 0.114. The molecule has 6 heteroatoms. The van der Waals surface area contributed by atoms with Crippen LogP contribution >= 0.6 is 7.60 Å². The lowest BCUT2D eigenvalue weighted by Gasteiger charge is -2.32. The SMILES string of the molecule is CCCCCCCCCCCCC(C)(C(N)O)P(=O)(O)O. The van der Waals surface area contributed by atoms with Crippen LogP contribution in [0.25, 0.3) is 0 Å². The van der Waals surface area contributed by atoms with Gasteiger partial charge in [0.1, 0.15) is 11.4 Å². The molecule has 0 aliphatic carbocycles. The van der Waals surface area contributed by atoms with Crippen LogP contribution in [0.5, 0.6) is 0 Å². The molecule has 21 heavy (non-hydrogen) atoms. The van der Waals surface area contributed by atoms with Gasteiger partial charge in [0.05, 0.1) is 0 Å². The number of unbranched alkanes of at least 4 members (excludes halogenated alkanes) is 9. The summed E-state index contributed by atoms with van der Waals surface area (Å²) in [6.45, 7) is 3.58. The third-order valence-corrected chi connectivity index (χ3v) is 6.16. The highest BCUT2D eigenvalue weighted by atomic mass is 31.2. The van der Waals surface area contributed by atoms with Crippen molar-refractivity contribution in [2.75, 3.05) is 0 Å². The second-order valence-electron chi connectivity index (χ2n) is 6.28. The predicted octanol–water partition coefficient (Wildman–Crippen LogP) is 3.51. The number of rotatable bonds is 13. The molecule has 0 saturated heterocycles. The molecule has 0 radical (unpaired) electrons. The molecule has 2 unspecified atom stereocenters. The Bertz CT molecular complexity index is 306. The summed E-state index contributed by atoms with van der Waals surface area (Å²) < 4.78 is 11.4. The summed E-state index contributed by atoms with van der Waals surface area (Å²) in [6.07, 6.45) is 10.4. The summed E-state index contributed by atoms with van der Waals surface area (Å²) >= 11 is 0. The first-order valence-electron chi connectivity index (χ1n) is 8.25. The van der Waals surface area contributed by atoms with E-state index in [2.05, 4.69) is 6.92 Å². The summed E-state index contributed by atoms with van der Waals surface area (Å²) in [5.41, 5.74) is 5.34. The van der Waals surface area contributed by atoms with Crippen LogP contribution in [0.2, 0.25) is 0 Å². The molecule has 128 valence electrons. The van der Waals surface area contributed by atoms with Crippen molar-refractivity contribution >= 4 is 7.60 Å². The minimum Gasteiger partial charge on any atom is -0.378 e. The van der Waals surface area contributed by atoms with Crippen molar-refractivity contribution in [1.29, 1.82) is 0 Å². The van der Waals surface area contributed by atoms with Crippen molar-refractivity contribution in [2.45, 2.75) is 95.9 Å². The van der Waals surface area contributed by atoms with E-state index < -0.39 is 19.0 Å². The molecule has 5 N–H and O–H groups in total. The van der Waals surface area contributed by atoms with Gasteiger partial charge in [0.2, 0.25) is 0 Å². The molecule has 0 rings (SSSR count). The summed E-state index contributed by atoms with van der Waals surface area (Å²) in [5.74, 6) is 0. The van der Waals surface area contributed by atoms with Gasteiger partial charge in [-0.1, -0.05) is 71.1 Å². The Morgan fingerprint density at radius 3 is 1.67 bits per heavy atom. The summed E-state index contributed by atoms with van der Waals surface area (Å²) in [5, 5.41) is 7.92. The third kappa shape index (κ3) is 8.32.